The number of amides is 1. The third-order valence-corrected chi connectivity index (χ3v) is 6.52. The molecular formula is C21H24N4O4S2. The minimum Gasteiger partial charge on any atom is -0.385 e. The quantitative estimate of drug-likeness (QED) is 0.366. The monoisotopic (exact) mass is 460 g/mol. The zero-order valence-electron chi connectivity index (χ0n) is 17.2. The lowest BCUT2D eigenvalue weighted by molar-refractivity contribution is -0.123. The van der Waals surface area contributed by atoms with Crippen molar-refractivity contribution < 1.29 is 14.3 Å². The fourth-order valence-corrected chi connectivity index (χ4v) is 4.83. The standard InChI is InChI=1S/C21H24N4O4S2/c1-28-10-5-8-22-18-15(19(26)24-9-3-2-7-17(24)23-18)12-16-20(27)25(21(30)31-16)13-14-6-4-11-29-14/h2-3,7,9,12,14,22H,4-6,8,10-11,13H2,1H3/b16-12-. The maximum atomic E-state index is 13.2. The Kier molecular flexibility index (Phi) is 7.01. The Labute approximate surface area is 189 Å². The van der Waals surface area contributed by atoms with E-state index in [-0.39, 0.29) is 17.6 Å². The molecule has 0 saturated carbocycles. The number of carbonyl (C=O) groups is 1. The summed E-state index contributed by atoms with van der Waals surface area (Å²) in [6.07, 6.45) is 5.94. The van der Waals surface area contributed by atoms with Crippen molar-refractivity contribution in [2.45, 2.75) is 25.4 Å². The van der Waals surface area contributed by atoms with Gasteiger partial charge in [0.15, 0.2) is 0 Å². The molecule has 10 heteroatoms. The second-order valence-electron chi connectivity index (χ2n) is 7.31. The Morgan fingerprint density at radius 2 is 2.29 bits per heavy atom. The maximum Gasteiger partial charge on any atom is 0.267 e. The Balaban J connectivity index is 1.66. The molecule has 2 saturated heterocycles. The lowest BCUT2D eigenvalue weighted by atomic mass is 10.2. The predicted molar refractivity (Wildman–Crippen MR) is 125 cm³/mol. The summed E-state index contributed by atoms with van der Waals surface area (Å²) in [7, 11) is 1.64. The molecule has 0 bridgehead atoms. The summed E-state index contributed by atoms with van der Waals surface area (Å²) in [5, 5.41) is 3.21. The average Bonchev–Trinajstić information content (AvgIpc) is 3.38. The number of rotatable bonds is 8. The van der Waals surface area contributed by atoms with Crippen molar-refractivity contribution in [2.24, 2.45) is 0 Å². The van der Waals surface area contributed by atoms with E-state index in [1.54, 1.807) is 36.4 Å². The third-order valence-electron chi connectivity index (χ3n) is 5.15. The summed E-state index contributed by atoms with van der Waals surface area (Å²) in [4.78, 5) is 32.8. The number of hydrogen-bond acceptors (Lipinski definition) is 8. The number of aromatic nitrogens is 2. The molecule has 1 atom stereocenters. The van der Waals surface area contributed by atoms with Gasteiger partial charge < -0.3 is 14.8 Å². The summed E-state index contributed by atoms with van der Waals surface area (Å²) in [6, 6.07) is 5.37. The molecule has 2 aromatic heterocycles. The summed E-state index contributed by atoms with van der Waals surface area (Å²) in [5.41, 5.74) is 0.618. The highest BCUT2D eigenvalue weighted by atomic mass is 32.2. The van der Waals surface area contributed by atoms with E-state index in [9.17, 15) is 9.59 Å². The largest absolute Gasteiger partial charge is 0.385 e. The van der Waals surface area contributed by atoms with Gasteiger partial charge in [-0.1, -0.05) is 30.0 Å². The van der Waals surface area contributed by atoms with Crippen molar-refractivity contribution in [3.05, 3.63) is 45.2 Å². The van der Waals surface area contributed by atoms with E-state index in [0.717, 1.165) is 19.3 Å². The topological polar surface area (TPSA) is 85.2 Å². The second-order valence-corrected chi connectivity index (χ2v) is 8.98. The zero-order chi connectivity index (χ0) is 21.8. The highest BCUT2D eigenvalue weighted by Crippen LogP contribution is 2.34. The van der Waals surface area contributed by atoms with E-state index in [0.29, 0.717) is 52.6 Å². The van der Waals surface area contributed by atoms with Crippen LogP contribution in [0.3, 0.4) is 0 Å². The molecule has 1 amide bonds. The van der Waals surface area contributed by atoms with Gasteiger partial charge in [-0.15, -0.1) is 0 Å². The first-order valence-corrected chi connectivity index (χ1v) is 11.4. The van der Waals surface area contributed by atoms with E-state index >= 15 is 0 Å². The minimum absolute atomic E-state index is 0.00724. The molecule has 1 unspecified atom stereocenters. The van der Waals surface area contributed by atoms with Crippen LogP contribution in [0.1, 0.15) is 24.8 Å². The first kappa shape index (κ1) is 21.9. The molecule has 2 aromatic rings. The minimum atomic E-state index is -0.246. The molecule has 31 heavy (non-hydrogen) atoms. The number of thiocarbonyl (C=S) groups is 1. The summed E-state index contributed by atoms with van der Waals surface area (Å²) in [5.74, 6) is 0.241. The van der Waals surface area contributed by atoms with Crippen LogP contribution in [0.15, 0.2) is 34.1 Å². The highest BCUT2D eigenvalue weighted by Gasteiger charge is 2.35. The lowest BCUT2D eigenvalue weighted by Crippen LogP contribution is -2.35. The molecule has 0 spiro atoms. The number of ether oxygens (including phenoxy) is 2. The van der Waals surface area contributed by atoms with Gasteiger partial charge in [0.1, 0.15) is 15.8 Å². The number of pyridine rings is 1. The maximum absolute atomic E-state index is 13.2. The van der Waals surface area contributed by atoms with Crippen LogP contribution < -0.4 is 10.9 Å². The molecule has 1 N–H and O–H groups in total. The van der Waals surface area contributed by atoms with Gasteiger partial charge in [0.25, 0.3) is 11.5 Å². The van der Waals surface area contributed by atoms with E-state index < -0.39 is 0 Å². The fourth-order valence-electron chi connectivity index (χ4n) is 3.57. The van der Waals surface area contributed by atoms with E-state index in [2.05, 4.69) is 10.3 Å². The van der Waals surface area contributed by atoms with Gasteiger partial charge in [0.2, 0.25) is 0 Å². The Hall–Kier alpha value is -2.27. The van der Waals surface area contributed by atoms with Gasteiger partial charge in [-0.05, 0) is 37.5 Å². The Morgan fingerprint density at radius 1 is 1.42 bits per heavy atom. The van der Waals surface area contributed by atoms with Crippen LogP contribution in [0.4, 0.5) is 5.82 Å². The predicted octanol–water partition coefficient (Wildman–Crippen LogP) is 2.52. The van der Waals surface area contributed by atoms with Crippen LogP contribution in [0.25, 0.3) is 11.7 Å². The highest BCUT2D eigenvalue weighted by molar-refractivity contribution is 8.26. The smallest absolute Gasteiger partial charge is 0.267 e. The second kappa shape index (κ2) is 9.90. The number of nitrogens with zero attached hydrogens (tertiary/aromatic N) is 3. The number of thioether (sulfide) groups is 1. The molecule has 0 radical (unpaired) electrons. The first-order chi connectivity index (χ1) is 15.1. The van der Waals surface area contributed by atoms with Gasteiger partial charge in [0.05, 0.1) is 23.1 Å². The van der Waals surface area contributed by atoms with Crippen LogP contribution in [0.5, 0.6) is 0 Å². The molecule has 2 aliphatic heterocycles. The van der Waals surface area contributed by atoms with Crippen LogP contribution in [-0.2, 0) is 14.3 Å². The zero-order valence-corrected chi connectivity index (χ0v) is 18.8. The summed E-state index contributed by atoms with van der Waals surface area (Å²) < 4.78 is 12.7. The van der Waals surface area contributed by atoms with Gasteiger partial charge in [-0.3, -0.25) is 18.9 Å². The lowest BCUT2D eigenvalue weighted by Gasteiger charge is -2.18. The Morgan fingerprint density at radius 3 is 3.06 bits per heavy atom. The number of carbonyl (C=O) groups excluding carboxylic acids is 1. The van der Waals surface area contributed by atoms with Crippen LogP contribution in [0.2, 0.25) is 0 Å². The molecular weight excluding hydrogens is 436 g/mol. The summed E-state index contributed by atoms with van der Waals surface area (Å²) in [6.45, 7) is 2.34. The molecule has 4 heterocycles. The normalized spacial score (nSPS) is 20.4. The number of nitrogens with one attached hydrogen (secondary N) is 1. The molecule has 2 aliphatic rings. The van der Waals surface area contributed by atoms with Crippen molar-refractivity contribution in [3.63, 3.8) is 0 Å². The van der Waals surface area contributed by atoms with Crippen molar-refractivity contribution in [2.75, 3.05) is 38.7 Å². The number of anilines is 1. The molecule has 0 aliphatic carbocycles. The molecule has 164 valence electrons. The van der Waals surface area contributed by atoms with Crippen molar-refractivity contribution in [1.29, 1.82) is 0 Å². The van der Waals surface area contributed by atoms with Gasteiger partial charge in [0, 0.05) is 33.1 Å². The number of hydrogen-bond donors (Lipinski definition) is 1. The van der Waals surface area contributed by atoms with Crippen molar-refractivity contribution >= 4 is 51.7 Å². The van der Waals surface area contributed by atoms with E-state index in [1.165, 1.54) is 16.2 Å². The van der Waals surface area contributed by atoms with Crippen molar-refractivity contribution in [3.8, 4) is 0 Å². The summed E-state index contributed by atoms with van der Waals surface area (Å²) >= 11 is 6.63. The van der Waals surface area contributed by atoms with Crippen LogP contribution >= 0.6 is 24.0 Å². The van der Waals surface area contributed by atoms with Crippen LogP contribution in [-0.4, -0.2) is 64.0 Å². The fraction of sp³-hybridized carbons (Fsp3) is 0.429. The van der Waals surface area contributed by atoms with E-state index in [1.807, 2.05) is 6.07 Å². The molecule has 0 aromatic carbocycles. The Bertz CT molecular complexity index is 1080. The average molecular weight is 461 g/mol. The molecule has 8 nitrogen and oxygen atoms in total. The van der Waals surface area contributed by atoms with E-state index in [4.69, 9.17) is 21.7 Å². The number of methoxy groups -OCH3 is 1. The van der Waals surface area contributed by atoms with Gasteiger partial charge in [-0.25, -0.2) is 4.98 Å². The SMILES string of the molecule is COCCCNc1nc2ccccn2c(=O)c1/C=C1\SC(=S)N(CC2CCCO2)C1=O. The third kappa shape index (κ3) is 4.82. The van der Waals surface area contributed by atoms with Gasteiger partial charge >= 0.3 is 0 Å². The van der Waals surface area contributed by atoms with Gasteiger partial charge in [-0.2, -0.15) is 0 Å². The molecule has 2 fully saturated rings. The van der Waals surface area contributed by atoms with Crippen LogP contribution in [0, 0.1) is 0 Å². The van der Waals surface area contributed by atoms with Crippen molar-refractivity contribution in [1.82, 2.24) is 14.3 Å². The number of fused-ring (bicyclic) bond motifs is 1. The molecule has 4 rings (SSSR count). The first-order valence-electron chi connectivity index (χ1n) is 10.2.